The largest absolute Gasteiger partial charge is 0.357 e. The summed E-state index contributed by atoms with van der Waals surface area (Å²) in [6.07, 6.45) is 11.4. The molecular weight excluding hydrogens is 332 g/mol. The third kappa shape index (κ3) is 5.53. The second-order valence-electron chi connectivity index (χ2n) is 7.75. The highest BCUT2D eigenvalue weighted by molar-refractivity contribution is 7.99. The lowest BCUT2D eigenvalue weighted by Gasteiger charge is -2.31. The van der Waals surface area contributed by atoms with Crippen LogP contribution in [-0.2, 0) is 4.79 Å². The number of hydrogen-bond donors (Lipinski definition) is 2. The Morgan fingerprint density at radius 3 is 2.56 bits per heavy atom. The molecule has 0 aliphatic heterocycles. The first-order chi connectivity index (χ1) is 12.0. The van der Waals surface area contributed by atoms with Crippen LogP contribution in [0.25, 0.3) is 0 Å². The summed E-state index contributed by atoms with van der Waals surface area (Å²) < 4.78 is 0. The summed E-state index contributed by atoms with van der Waals surface area (Å²) in [7, 11) is 3.72. The zero-order valence-corrected chi connectivity index (χ0v) is 17.3. The van der Waals surface area contributed by atoms with Gasteiger partial charge in [0, 0.05) is 31.9 Å². The van der Waals surface area contributed by atoms with Gasteiger partial charge >= 0.3 is 0 Å². The Morgan fingerprint density at radius 1 is 1.24 bits per heavy atom. The average molecular weight is 369 g/mol. The molecule has 144 valence electrons. The van der Waals surface area contributed by atoms with Crippen molar-refractivity contribution in [2.24, 2.45) is 10.4 Å². The van der Waals surface area contributed by atoms with Gasteiger partial charge in [0.05, 0.1) is 12.0 Å². The van der Waals surface area contributed by atoms with Gasteiger partial charge in [-0.2, -0.15) is 11.8 Å². The minimum Gasteiger partial charge on any atom is -0.357 e. The Balaban J connectivity index is 2.03. The monoisotopic (exact) mass is 368 g/mol. The highest BCUT2D eigenvalue weighted by Crippen LogP contribution is 2.39. The molecule has 2 aliphatic rings. The molecule has 0 aromatic rings. The Bertz CT molecular complexity index is 460. The molecule has 2 saturated carbocycles. The number of hydrogen-bond acceptors (Lipinski definition) is 3. The number of rotatable bonds is 6. The van der Waals surface area contributed by atoms with Gasteiger partial charge in [-0.05, 0) is 45.3 Å². The lowest BCUT2D eigenvalue weighted by molar-refractivity contribution is -0.138. The average Bonchev–Trinajstić information content (AvgIpc) is 3.09. The number of nitrogens with one attached hydrogen (secondary N) is 2. The van der Waals surface area contributed by atoms with E-state index in [1.54, 1.807) is 4.90 Å². The molecule has 2 rings (SSSR count). The number of nitrogens with zero attached hydrogens (tertiary/aromatic N) is 2. The number of amides is 1. The molecule has 0 aromatic heterocycles. The van der Waals surface area contributed by atoms with Crippen molar-refractivity contribution in [2.75, 3.05) is 33.4 Å². The highest BCUT2D eigenvalue weighted by Gasteiger charge is 2.42. The van der Waals surface area contributed by atoms with Crippen LogP contribution >= 0.6 is 11.8 Å². The van der Waals surface area contributed by atoms with Gasteiger partial charge in [0.2, 0.25) is 5.91 Å². The summed E-state index contributed by atoms with van der Waals surface area (Å²) in [5, 5.41) is 7.77. The van der Waals surface area contributed by atoms with Crippen molar-refractivity contribution in [3.8, 4) is 0 Å². The van der Waals surface area contributed by atoms with E-state index in [0.717, 1.165) is 43.4 Å². The smallest absolute Gasteiger partial charge is 0.230 e. The van der Waals surface area contributed by atoms with Crippen LogP contribution in [-0.4, -0.2) is 61.5 Å². The maximum Gasteiger partial charge on any atom is 0.230 e. The van der Waals surface area contributed by atoms with E-state index in [2.05, 4.69) is 23.8 Å². The van der Waals surface area contributed by atoms with E-state index in [4.69, 9.17) is 4.99 Å². The van der Waals surface area contributed by atoms with Crippen LogP contribution in [0.1, 0.15) is 58.3 Å². The fraction of sp³-hybridized carbons (Fsp3) is 0.895. The van der Waals surface area contributed by atoms with E-state index in [1.807, 2.05) is 25.9 Å². The predicted octanol–water partition coefficient (Wildman–Crippen LogP) is 2.86. The SMILES string of the molecule is CCNC(=NCC1(C(=O)N(C)C)CCCC1)NC1CCCC(SC)C1. The number of carbonyl (C=O) groups is 1. The molecule has 2 unspecified atom stereocenters. The van der Waals surface area contributed by atoms with Crippen LogP contribution in [0.15, 0.2) is 4.99 Å². The quantitative estimate of drug-likeness (QED) is 0.559. The van der Waals surface area contributed by atoms with Crippen LogP contribution in [0.3, 0.4) is 0 Å². The number of guanidine groups is 1. The van der Waals surface area contributed by atoms with Gasteiger partial charge in [0.1, 0.15) is 0 Å². The van der Waals surface area contributed by atoms with Gasteiger partial charge in [-0.1, -0.05) is 19.3 Å². The highest BCUT2D eigenvalue weighted by atomic mass is 32.2. The Morgan fingerprint density at radius 2 is 1.96 bits per heavy atom. The first-order valence-electron chi connectivity index (χ1n) is 9.80. The second-order valence-corrected chi connectivity index (χ2v) is 8.89. The zero-order valence-electron chi connectivity index (χ0n) is 16.4. The number of thioether (sulfide) groups is 1. The van der Waals surface area contributed by atoms with Gasteiger partial charge in [-0.25, -0.2) is 0 Å². The molecule has 2 aliphatic carbocycles. The van der Waals surface area contributed by atoms with Gasteiger partial charge in [-0.15, -0.1) is 0 Å². The maximum atomic E-state index is 12.7. The molecule has 0 bridgehead atoms. The van der Waals surface area contributed by atoms with Crippen molar-refractivity contribution < 1.29 is 4.79 Å². The summed E-state index contributed by atoms with van der Waals surface area (Å²) in [5.41, 5.74) is -0.291. The summed E-state index contributed by atoms with van der Waals surface area (Å²) >= 11 is 1.98. The Labute approximate surface area is 157 Å². The molecule has 5 nitrogen and oxygen atoms in total. The van der Waals surface area contributed by atoms with Gasteiger partial charge in [-0.3, -0.25) is 9.79 Å². The molecular formula is C19H36N4OS. The topological polar surface area (TPSA) is 56.7 Å². The predicted molar refractivity (Wildman–Crippen MR) is 108 cm³/mol. The van der Waals surface area contributed by atoms with Crippen molar-refractivity contribution in [3.63, 3.8) is 0 Å². The Hall–Kier alpha value is -0.910. The van der Waals surface area contributed by atoms with Crippen LogP contribution in [0.5, 0.6) is 0 Å². The van der Waals surface area contributed by atoms with Gasteiger partial charge < -0.3 is 15.5 Å². The van der Waals surface area contributed by atoms with Crippen molar-refractivity contribution in [1.82, 2.24) is 15.5 Å². The van der Waals surface area contributed by atoms with Crippen LogP contribution in [0, 0.1) is 5.41 Å². The van der Waals surface area contributed by atoms with Crippen molar-refractivity contribution >= 4 is 23.6 Å². The van der Waals surface area contributed by atoms with E-state index >= 15 is 0 Å². The Kier molecular flexibility index (Phi) is 7.91. The molecule has 1 amide bonds. The van der Waals surface area contributed by atoms with E-state index < -0.39 is 0 Å². The van der Waals surface area contributed by atoms with Crippen LogP contribution in [0.2, 0.25) is 0 Å². The minimum atomic E-state index is -0.291. The lowest BCUT2D eigenvalue weighted by atomic mass is 9.85. The molecule has 25 heavy (non-hydrogen) atoms. The zero-order chi connectivity index (χ0) is 18.3. The summed E-state index contributed by atoms with van der Waals surface area (Å²) in [6.45, 7) is 3.54. The van der Waals surface area contributed by atoms with E-state index in [1.165, 1.54) is 25.7 Å². The first kappa shape index (κ1) is 20.4. The summed E-state index contributed by atoms with van der Waals surface area (Å²) in [4.78, 5) is 19.3. The molecule has 0 saturated heterocycles. The summed E-state index contributed by atoms with van der Waals surface area (Å²) in [6, 6.07) is 0.494. The lowest BCUT2D eigenvalue weighted by Crippen LogP contribution is -2.47. The molecule has 2 fully saturated rings. The molecule has 0 aromatic carbocycles. The van der Waals surface area contributed by atoms with Gasteiger partial charge in [0.15, 0.2) is 5.96 Å². The van der Waals surface area contributed by atoms with Crippen molar-refractivity contribution in [1.29, 1.82) is 0 Å². The minimum absolute atomic E-state index is 0.240. The number of carbonyl (C=O) groups excluding carboxylic acids is 1. The van der Waals surface area contributed by atoms with E-state index in [9.17, 15) is 4.79 Å². The van der Waals surface area contributed by atoms with Crippen LogP contribution in [0.4, 0.5) is 0 Å². The number of aliphatic imine (C=N–C) groups is 1. The second kappa shape index (κ2) is 9.70. The maximum absolute atomic E-state index is 12.7. The van der Waals surface area contributed by atoms with Gasteiger partial charge in [0.25, 0.3) is 0 Å². The molecule has 2 N–H and O–H groups in total. The van der Waals surface area contributed by atoms with E-state index in [0.29, 0.717) is 12.6 Å². The third-order valence-corrected chi connectivity index (χ3v) is 6.70. The molecule has 2 atom stereocenters. The van der Waals surface area contributed by atoms with Crippen LogP contribution < -0.4 is 10.6 Å². The van der Waals surface area contributed by atoms with Crippen molar-refractivity contribution in [3.05, 3.63) is 0 Å². The summed E-state index contributed by atoms with van der Waals surface area (Å²) in [5.74, 6) is 1.12. The fourth-order valence-electron chi connectivity index (χ4n) is 4.20. The molecule has 0 heterocycles. The molecule has 0 radical (unpaired) electrons. The third-order valence-electron chi connectivity index (χ3n) is 5.60. The first-order valence-corrected chi connectivity index (χ1v) is 11.1. The molecule has 0 spiro atoms. The normalized spacial score (nSPS) is 26.3. The fourth-order valence-corrected chi connectivity index (χ4v) is 5.03. The molecule has 6 heteroatoms. The van der Waals surface area contributed by atoms with E-state index in [-0.39, 0.29) is 11.3 Å². The standard InChI is InChI=1S/C19H36N4OS/c1-5-20-18(22-15-9-8-10-16(13-15)25-4)21-14-19(11-6-7-12-19)17(24)23(2)3/h15-16H,5-14H2,1-4H3,(H2,20,21,22). The van der Waals surface area contributed by atoms with Crippen molar-refractivity contribution in [2.45, 2.75) is 69.6 Å².